The van der Waals surface area contributed by atoms with Crippen molar-refractivity contribution in [2.75, 3.05) is 16.8 Å². The molecular formula is C21H22N4O3. The van der Waals surface area contributed by atoms with Crippen molar-refractivity contribution < 1.29 is 9.59 Å². The summed E-state index contributed by atoms with van der Waals surface area (Å²) in [6.07, 6.45) is 1.43. The molecule has 7 heteroatoms. The fraction of sp³-hybridized carbons (Fsp3) is 0.333. The molecule has 0 bridgehead atoms. The fourth-order valence-corrected chi connectivity index (χ4v) is 3.69. The molecule has 1 aliphatic rings. The van der Waals surface area contributed by atoms with Crippen molar-refractivity contribution in [3.63, 3.8) is 0 Å². The van der Waals surface area contributed by atoms with E-state index in [2.05, 4.69) is 10.3 Å². The highest BCUT2D eigenvalue weighted by molar-refractivity contribution is 5.95. The summed E-state index contributed by atoms with van der Waals surface area (Å²) in [6, 6.07) is 7.47. The summed E-state index contributed by atoms with van der Waals surface area (Å²) in [5.41, 5.74) is 4.44. The van der Waals surface area contributed by atoms with Gasteiger partial charge in [-0.3, -0.25) is 14.4 Å². The average Bonchev–Trinajstić information content (AvgIpc) is 3.05. The second-order valence-corrected chi connectivity index (χ2v) is 6.98. The van der Waals surface area contributed by atoms with Crippen LogP contribution in [0.15, 0.2) is 23.0 Å². The minimum atomic E-state index is -0.400. The highest BCUT2D eigenvalue weighted by Gasteiger charge is 2.22. The second-order valence-electron chi connectivity index (χ2n) is 6.98. The first-order valence-corrected chi connectivity index (χ1v) is 9.15. The Morgan fingerprint density at radius 2 is 2.07 bits per heavy atom. The lowest BCUT2D eigenvalue weighted by molar-refractivity contribution is -0.117. The number of rotatable bonds is 4. The number of carbonyl (C=O) groups excluding carboxylic acids is 2. The number of H-pyrrole nitrogens is 1. The van der Waals surface area contributed by atoms with Crippen LogP contribution in [-0.2, 0) is 22.4 Å². The Bertz CT molecular complexity index is 1060. The molecule has 0 fully saturated rings. The van der Waals surface area contributed by atoms with Gasteiger partial charge in [0.05, 0.1) is 0 Å². The molecule has 2 aromatic rings. The maximum atomic E-state index is 12.4. The quantitative estimate of drug-likeness (QED) is 0.852. The minimum Gasteiger partial charge on any atom is -0.326 e. The molecule has 3 rings (SSSR count). The predicted octanol–water partition coefficient (Wildman–Crippen LogP) is 2.34. The van der Waals surface area contributed by atoms with E-state index < -0.39 is 5.56 Å². The van der Waals surface area contributed by atoms with Gasteiger partial charge in [0.25, 0.3) is 5.56 Å². The Kier molecular flexibility index (Phi) is 5.32. The third-order valence-corrected chi connectivity index (χ3v) is 5.16. The Hall–Kier alpha value is -3.40. The number of hydrogen-bond donors (Lipinski definition) is 2. The van der Waals surface area contributed by atoms with E-state index in [0.717, 1.165) is 23.2 Å². The van der Waals surface area contributed by atoms with Crippen LogP contribution in [0.2, 0.25) is 0 Å². The largest absolute Gasteiger partial charge is 0.326 e. The van der Waals surface area contributed by atoms with Crippen LogP contribution < -0.4 is 15.8 Å². The van der Waals surface area contributed by atoms with Crippen LogP contribution in [0.4, 0.5) is 11.4 Å². The summed E-state index contributed by atoms with van der Waals surface area (Å²) in [5.74, 6) is -0.135. The van der Waals surface area contributed by atoms with Crippen molar-refractivity contribution >= 4 is 23.2 Å². The molecule has 0 saturated carbocycles. The van der Waals surface area contributed by atoms with Crippen molar-refractivity contribution in [1.29, 1.82) is 5.26 Å². The number of fused-ring (bicyclic) bond motifs is 1. The van der Waals surface area contributed by atoms with Crippen molar-refractivity contribution in [1.82, 2.24) is 4.98 Å². The van der Waals surface area contributed by atoms with Gasteiger partial charge < -0.3 is 15.2 Å². The molecule has 0 radical (unpaired) electrons. The van der Waals surface area contributed by atoms with Crippen molar-refractivity contribution in [3.8, 4) is 6.07 Å². The zero-order valence-corrected chi connectivity index (χ0v) is 16.2. The number of nitrogens with one attached hydrogen (secondary N) is 2. The first-order chi connectivity index (χ1) is 13.3. The molecule has 0 aliphatic carbocycles. The molecule has 1 aliphatic heterocycles. The van der Waals surface area contributed by atoms with E-state index in [-0.39, 0.29) is 23.8 Å². The van der Waals surface area contributed by atoms with Gasteiger partial charge in [0.2, 0.25) is 11.8 Å². The number of pyridine rings is 1. The number of hydrogen-bond acceptors (Lipinski definition) is 4. The smallest absolute Gasteiger partial charge is 0.266 e. The number of amides is 2. The number of nitrogens with zero attached hydrogens (tertiary/aromatic N) is 2. The molecule has 2 N–H and O–H groups in total. The van der Waals surface area contributed by atoms with Gasteiger partial charge >= 0.3 is 0 Å². The van der Waals surface area contributed by atoms with Crippen LogP contribution in [0.3, 0.4) is 0 Å². The normalized spacial score (nSPS) is 12.4. The van der Waals surface area contributed by atoms with Gasteiger partial charge in [-0.1, -0.05) is 0 Å². The Morgan fingerprint density at radius 1 is 1.32 bits per heavy atom. The number of nitriles is 1. The number of aromatic amines is 1. The monoisotopic (exact) mass is 378 g/mol. The highest BCUT2D eigenvalue weighted by atomic mass is 16.2. The highest BCUT2D eigenvalue weighted by Crippen LogP contribution is 2.30. The lowest BCUT2D eigenvalue weighted by Crippen LogP contribution is -2.25. The molecule has 1 aromatic carbocycles. The minimum absolute atomic E-state index is 0.0129. The first-order valence-electron chi connectivity index (χ1n) is 9.15. The molecule has 0 saturated heterocycles. The van der Waals surface area contributed by atoms with Gasteiger partial charge in [-0.25, -0.2) is 0 Å². The molecule has 28 heavy (non-hydrogen) atoms. The van der Waals surface area contributed by atoms with Crippen LogP contribution in [-0.4, -0.2) is 23.3 Å². The molecule has 0 spiro atoms. The zero-order chi connectivity index (χ0) is 20.4. The lowest BCUT2D eigenvalue weighted by Gasteiger charge is -2.15. The van der Waals surface area contributed by atoms with Gasteiger partial charge in [0.15, 0.2) is 0 Å². The topological polar surface area (TPSA) is 106 Å². The molecule has 0 atom stereocenters. The van der Waals surface area contributed by atoms with E-state index >= 15 is 0 Å². The summed E-state index contributed by atoms with van der Waals surface area (Å²) < 4.78 is 0. The van der Waals surface area contributed by atoms with E-state index in [1.54, 1.807) is 31.7 Å². The summed E-state index contributed by atoms with van der Waals surface area (Å²) in [4.78, 5) is 40.2. The number of aryl methyl sites for hydroxylation is 1. The molecule has 2 amide bonds. The van der Waals surface area contributed by atoms with Crippen LogP contribution in [0.5, 0.6) is 0 Å². The summed E-state index contributed by atoms with van der Waals surface area (Å²) in [5, 5.41) is 12.0. The maximum Gasteiger partial charge on any atom is 0.266 e. The maximum absolute atomic E-state index is 12.4. The standard InChI is InChI=1S/C21H22N4O3/c1-12-17(13(2)23-21(28)18(12)11-22)5-7-20(27)24-16-4-6-19-15(10-16)8-9-25(19)14(3)26/h4,6,10H,5,7-9H2,1-3H3,(H,23,28)(H,24,27). The van der Waals surface area contributed by atoms with Crippen molar-refractivity contribution in [2.24, 2.45) is 0 Å². The van der Waals surface area contributed by atoms with Gasteiger partial charge in [0, 0.05) is 37.0 Å². The molecule has 144 valence electrons. The zero-order valence-electron chi connectivity index (χ0n) is 16.2. The summed E-state index contributed by atoms with van der Waals surface area (Å²) in [6.45, 7) is 5.71. The third kappa shape index (κ3) is 3.67. The lowest BCUT2D eigenvalue weighted by atomic mass is 9.99. The van der Waals surface area contributed by atoms with Gasteiger partial charge in [-0.05, 0) is 61.6 Å². The van der Waals surface area contributed by atoms with E-state index in [1.165, 1.54) is 0 Å². The Balaban J connectivity index is 1.69. The second kappa shape index (κ2) is 7.69. The van der Waals surface area contributed by atoms with Gasteiger partial charge in [0.1, 0.15) is 11.6 Å². The van der Waals surface area contributed by atoms with Crippen molar-refractivity contribution in [3.05, 3.63) is 56.5 Å². The third-order valence-electron chi connectivity index (χ3n) is 5.16. The molecule has 7 nitrogen and oxygen atoms in total. The van der Waals surface area contributed by atoms with Gasteiger partial charge in [-0.2, -0.15) is 5.26 Å². The number of aromatic nitrogens is 1. The van der Waals surface area contributed by atoms with E-state index in [1.807, 2.05) is 18.2 Å². The number of anilines is 2. The Labute approximate surface area is 163 Å². The van der Waals surface area contributed by atoms with Crippen LogP contribution in [0, 0.1) is 25.2 Å². The van der Waals surface area contributed by atoms with E-state index in [9.17, 15) is 14.4 Å². The van der Waals surface area contributed by atoms with E-state index in [0.29, 0.717) is 29.9 Å². The Morgan fingerprint density at radius 3 is 2.75 bits per heavy atom. The predicted molar refractivity (Wildman–Crippen MR) is 106 cm³/mol. The first kappa shape index (κ1) is 19.4. The van der Waals surface area contributed by atoms with Crippen LogP contribution in [0.1, 0.15) is 41.3 Å². The SMILES string of the molecule is CC(=O)N1CCc2cc(NC(=O)CCc3c(C)[nH]c(=O)c(C#N)c3C)ccc21. The van der Waals surface area contributed by atoms with Crippen molar-refractivity contribution in [2.45, 2.75) is 40.0 Å². The fourth-order valence-electron chi connectivity index (χ4n) is 3.69. The molecular weight excluding hydrogens is 356 g/mol. The van der Waals surface area contributed by atoms with E-state index in [4.69, 9.17) is 5.26 Å². The van der Waals surface area contributed by atoms with Crippen LogP contribution in [0.25, 0.3) is 0 Å². The summed E-state index contributed by atoms with van der Waals surface area (Å²) in [7, 11) is 0. The molecule has 2 heterocycles. The average molecular weight is 378 g/mol. The van der Waals surface area contributed by atoms with Gasteiger partial charge in [-0.15, -0.1) is 0 Å². The van der Waals surface area contributed by atoms with Crippen LogP contribution >= 0.6 is 0 Å². The summed E-state index contributed by atoms with van der Waals surface area (Å²) >= 11 is 0. The molecule has 1 aromatic heterocycles. The molecule has 0 unspecified atom stereocenters. The number of benzene rings is 1. The number of carbonyl (C=O) groups is 2.